The molecule has 0 aliphatic rings. The van der Waals surface area contributed by atoms with E-state index >= 15 is 0 Å². The molecular weight excluding hydrogens is 234 g/mol. The molecule has 0 fully saturated rings. The lowest BCUT2D eigenvalue weighted by Gasteiger charge is -2.21. The maximum absolute atomic E-state index is 11.9. The van der Waals surface area contributed by atoms with Gasteiger partial charge in [-0.3, -0.25) is 4.79 Å². The predicted octanol–water partition coefficient (Wildman–Crippen LogP) is 1.17. The Morgan fingerprint density at radius 2 is 2.11 bits per heavy atom. The van der Waals surface area contributed by atoms with Crippen molar-refractivity contribution in [1.29, 1.82) is 0 Å². The Morgan fingerprint density at radius 3 is 2.67 bits per heavy atom. The standard InChI is InChI=1S/C13H17NO4/c1-9(13(16)17)14(2)12(15)8-10-5-4-6-11(7-10)18-3/h4-7,9H,8H2,1-3H3,(H,16,17). The van der Waals surface area contributed by atoms with Gasteiger partial charge in [-0.25, -0.2) is 4.79 Å². The third-order valence-electron chi connectivity index (χ3n) is 2.82. The number of likely N-dealkylation sites (N-methyl/N-ethyl adjacent to an activating group) is 1. The fourth-order valence-corrected chi connectivity index (χ4v) is 1.46. The quantitative estimate of drug-likeness (QED) is 0.853. The second kappa shape index (κ2) is 6.05. The summed E-state index contributed by atoms with van der Waals surface area (Å²) in [6, 6.07) is 6.32. The van der Waals surface area contributed by atoms with E-state index in [0.29, 0.717) is 5.75 Å². The highest BCUT2D eigenvalue weighted by atomic mass is 16.5. The molecule has 1 aromatic carbocycles. The summed E-state index contributed by atoms with van der Waals surface area (Å²) < 4.78 is 5.06. The van der Waals surface area contributed by atoms with Crippen molar-refractivity contribution in [2.75, 3.05) is 14.2 Å². The van der Waals surface area contributed by atoms with Crippen molar-refractivity contribution >= 4 is 11.9 Å². The Labute approximate surface area is 106 Å². The van der Waals surface area contributed by atoms with Gasteiger partial charge in [0.25, 0.3) is 0 Å². The number of carboxylic acid groups (broad SMARTS) is 1. The van der Waals surface area contributed by atoms with Crippen molar-refractivity contribution in [3.05, 3.63) is 29.8 Å². The number of nitrogens with zero attached hydrogens (tertiary/aromatic N) is 1. The Morgan fingerprint density at radius 1 is 1.44 bits per heavy atom. The summed E-state index contributed by atoms with van der Waals surface area (Å²) in [5.41, 5.74) is 0.795. The molecule has 1 rings (SSSR count). The molecular formula is C13H17NO4. The number of carbonyl (C=O) groups is 2. The Hall–Kier alpha value is -2.04. The first-order chi connectivity index (χ1) is 8.45. The van der Waals surface area contributed by atoms with E-state index < -0.39 is 12.0 Å². The lowest BCUT2D eigenvalue weighted by molar-refractivity contribution is -0.148. The minimum Gasteiger partial charge on any atom is -0.497 e. The van der Waals surface area contributed by atoms with Crippen LogP contribution in [-0.2, 0) is 16.0 Å². The molecule has 0 aromatic heterocycles. The Bertz CT molecular complexity index is 444. The van der Waals surface area contributed by atoms with E-state index in [0.717, 1.165) is 5.56 Å². The summed E-state index contributed by atoms with van der Waals surface area (Å²) in [6.07, 6.45) is 0.158. The monoisotopic (exact) mass is 251 g/mol. The number of carbonyl (C=O) groups excluding carboxylic acids is 1. The van der Waals surface area contributed by atoms with Gasteiger partial charge in [0.2, 0.25) is 5.91 Å². The second-order valence-electron chi connectivity index (χ2n) is 4.05. The van der Waals surface area contributed by atoms with E-state index in [2.05, 4.69) is 0 Å². The second-order valence-corrected chi connectivity index (χ2v) is 4.05. The zero-order valence-electron chi connectivity index (χ0n) is 10.7. The average molecular weight is 251 g/mol. The topological polar surface area (TPSA) is 66.8 Å². The van der Waals surface area contributed by atoms with Crippen LogP contribution in [0.5, 0.6) is 5.75 Å². The minimum absolute atomic E-state index is 0.158. The third-order valence-corrected chi connectivity index (χ3v) is 2.82. The molecule has 1 atom stereocenters. The molecule has 5 nitrogen and oxygen atoms in total. The average Bonchev–Trinajstić information content (AvgIpc) is 2.36. The smallest absolute Gasteiger partial charge is 0.326 e. The van der Waals surface area contributed by atoms with Gasteiger partial charge in [-0.2, -0.15) is 0 Å². The van der Waals surface area contributed by atoms with Gasteiger partial charge in [-0.15, -0.1) is 0 Å². The van der Waals surface area contributed by atoms with Gasteiger partial charge >= 0.3 is 5.97 Å². The highest BCUT2D eigenvalue weighted by molar-refractivity contribution is 5.84. The molecule has 0 aliphatic carbocycles. The molecule has 1 aromatic rings. The lowest BCUT2D eigenvalue weighted by Crippen LogP contribution is -2.41. The maximum Gasteiger partial charge on any atom is 0.326 e. The number of ether oxygens (including phenoxy) is 1. The van der Waals surface area contributed by atoms with Crippen LogP contribution in [0.15, 0.2) is 24.3 Å². The highest BCUT2D eigenvalue weighted by Crippen LogP contribution is 2.14. The molecule has 5 heteroatoms. The van der Waals surface area contributed by atoms with E-state index in [1.54, 1.807) is 31.4 Å². The van der Waals surface area contributed by atoms with Gasteiger partial charge in [0.1, 0.15) is 11.8 Å². The molecule has 0 spiro atoms. The molecule has 0 bridgehead atoms. The van der Waals surface area contributed by atoms with Crippen LogP contribution < -0.4 is 4.74 Å². The van der Waals surface area contributed by atoms with E-state index in [-0.39, 0.29) is 12.3 Å². The van der Waals surface area contributed by atoms with Crippen LogP contribution in [-0.4, -0.2) is 42.1 Å². The number of hydrogen-bond acceptors (Lipinski definition) is 3. The zero-order valence-corrected chi connectivity index (χ0v) is 10.7. The minimum atomic E-state index is -1.02. The van der Waals surface area contributed by atoms with Gasteiger partial charge in [0.05, 0.1) is 13.5 Å². The summed E-state index contributed by atoms with van der Waals surface area (Å²) in [5, 5.41) is 8.84. The van der Waals surface area contributed by atoms with Crippen molar-refractivity contribution in [2.24, 2.45) is 0 Å². The van der Waals surface area contributed by atoms with E-state index in [9.17, 15) is 9.59 Å². The Balaban J connectivity index is 2.72. The number of amides is 1. The normalized spacial score (nSPS) is 11.7. The van der Waals surface area contributed by atoms with Crippen molar-refractivity contribution in [2.45, 2.75) is 19.4 Å². The Kier molecular flexibility index (Phi) is 4.71. The molecule has 0 radical (unpaired) electrons. The molecule has 1 unspecified atom stereocenters. The van der Waals surface area contributed by atoms with Crippen LogP contribution in [0, 0.1) is 0 Å². The molecule has 0 aliphatic heterocycles. The maximum atomic E-state index is 11.9. The third kappa shape index (κ3) is 3.48. The van der Waals surface area contributed by atoms with Crippen LogP contribution in [0.4, 0.5) is 0 Å². The van der Waals surface area contributed by atoms with Crippen LogP contribution in [0.3, 0.4) is 0 Å². The summed E-state index contributed by atoms with van der Waals surface area (Å²) in [4.78, 5) is 23.9. The largest absolute Gasteiger partial charge is 0.497 e. The number of carboxylic acids is 1. The number of methoxy groups -OCH3 is 1. The van der Waals surface area contributed by atoms with E-state index in [4.69, 9.17) is 9.84 Å². The van der Waals surface area contributed by atoms with Crippen molar-refractivity contribution in [3.8, 4) is 5.75 Å². The molecule has 0 saturated carbocycles. The van der Waals surface area contributed by atoms with Crippen LogP contribution in [0.2, 0.25) is 0 Å². The first-order valence-electron chi connectivity index (χ1n) is 5.57. The van der Waals surface area contributed by atoms with E-state index in [1.807, 2.05) is 0 Å². The molecule has 98 valence electrons. The molecule has 0 saturated heterocycles. The number of hydrogen-bond donors (Lipinski definition) is 1. The number of rotatable bonds is 5. The lowest BCUT2D eigenvalue weighted by atomic mass is 10.1. The summed E-state index contributed by atoms with van der Waals surface area (Å²) in [6.45, 7) is 1.48. The summed E-state index contributed by atoms with van der Waals surface area (Å²) >= 11 is 0. The van der Waals surface area contributed by atoms with E-state index in [1.165, 1.54) is 18.9 Å². The SMILES string of the molecule is COc1cccc(CC(=O)N(C)C(C)C(=O)O)c1. The van der Waals surface area contributed by atoms with Crippen molar-refractivity contribution in [3.63, 3.8) is 0 Å². The number of benzene rings is 1. The molecule has 1 N–H and O–H groups in total. The highest BCUT2D eigenvalue weighted by Gasteiger charge is 2.21. The predicted molar refractivity (Wildman–Crippen MR) is 66.6 cm³/mol. The van der Waals surface area contributed by atoms with Crippen LogP contribution in [0.1, 0.15) is 12.5 Å². The summed E-state index contributed by atoms with van der Waals surface area (Å²) in [7, 11) is 3.04. The van der Waals surface area contributed by atoms with Crippen LogP contribution >= 0.6 is 0 Å². The first-order valence-corrected chi connectivity index (χ1v) is 5.57. The fourth-order valence-electron chi connectivity index (χ4n) is 1.46. The van der Waals surface area contributed by atoms with Gasteiger partial charge in [-0.1, -0.05) is 12.1 Å². The number of aliphatic carboxylic acids is 1. The van der Waals surface area contributed by atoms with Gasteiger partial charge < -0.3 is 14.7 Å². The van der Waals surface area contributed by atoms with Crippen molar-refractivity contribution < 1.29 is 19.4 Å². The van der Waals surface area contributed by atoms with Gasteiger partial charge in [0.15, 0.2) is 0 Å². The zero-order chi connectivity index (χ0) is 13.7. The molecule has 18 heavy (non-hydrogen) atoms. The summed E-state index contributed by atoms with van der Waals surface area (Å²) in [5.74, 6) is -0.580. The molecule has 0 heterocycles. The fraction of sp³-hybridized carbons (Fsp3) is 0.385. The first kappa shape index (κ1) is 14.0. The molecule has 1 amide bonds. The van der Waals surface area contributed by atoms with Crippen molar-refractivity contribution in [1.82, 2.24) is 4.90 Å². The van der Waals surface area contributed by atoms with Crippen LogP contribution in [0.25, 0.3) is 0 Å². The van der Waals surface area contributed by atoms with Gasteiger partial charge in [-0.05, 0) is 24.6 Å². The van der Waals surface area contributed by atoms with Gasteiger partial charge in [0, 0.05) is 7.05 Å².